The first kappa shape index (κ1) is 29.8. The van der Waals surface area contributed by atoms with Crippen molar-refractivity contribution in [2.75, 3.05) is 27.2 Å². The molecular weight excluding hydrogens is 524 g/mol. The monoisotopic (exact) mass is 570 g/mol. The van der Waals surface area contributed by atoms with Gasteiger partial charge in [0, 0.05) is 43.5 Å². The number of carbonyl (C=O) groups excluding carboxylic acids is 2. The Kier molecular flexibility index (Phi) is 8.46. The smallest absolute Gasteiger partial charge is 0.251 e. The number of amides is 2. The molecule has 0 aromatic heterocycles. The van der Waals surface area contributed by atoms with Gasteiger partial charge in [0.15, 0.2) is 0 Å². The van der Waals surface area contributed by atoms with Gasteiger partial charge >= 0.3 is 0 Å². The van der Waals surface area contributed by atoms with Crippen LogP contribution in [0.25, 0.3) is 5.70 Å². The maximum atomic E-state index is 13.2. The fraction of sp³-hybridized carbons (Fsp3) is 0.500. The number of benzene rings is 2. The molecule has 3 aliphatic rings. The standard InChI is InChI=1S/C34H46N6O2/c1-20(2)39-33(35)34(13-14-38-19-31(41)40-21(3)15-27-18-30(27)40)28-11-9-23(22(4)36-5)16-24(28)7-8-25-17-26(32(42)37-6)10-12-29(25)34/h9-12,16-17,20-21,27,30,36,38H,4,7-8,13-15,18-19H2,1-3,5-6H3,(H2,35,39)(H,37,42). The summed E-state index contributed by atoms with van der Waals surface area (Å²) in [4.78, 5) is 32.8. The number of hydrogen-bond donors (Lipinski definition) is 4. The minimum atomic E-state index is -0.731. The summed E-state index contributed by atoms with van der Waals surface area (Å²) in [5.74, 6) is 1.31. The molecule has 1 heterocycles. The number of nitrogens with two attached hydrogens (primary N) is 1. The first-order chi connectivity index (χ1) is 20.1. The van der Waals surface area contributed by atoms with Gasteiger partial charge in [0.1, 0.15) is 5.84 Å². The molecule has 2 amide bonds. The molecule has 5 N–H and O–H groups in total. The number of aliphatic imine (C=N–C) groups is 1. The van der Waals surface area contributed by atoms with Gasteiger partial charge in [-0.1, -0.05) is 24.8 Å². The van der Waals surface area contributed by atoms with E-state index in [4.69, 9.17) is 10.7 Å². The van der Waals surface area contributed by atoms with Crippen LogP contribution in [0.5, 0.6) is 0 Å². The zero-order valence-electron chi connectivity index (χ0n) is 25.7. The van der Waals surface area contributed by atoms with Gasteiger partial charge in [0.25, 0.3) is 5.91 Å². The summed E-state index contributed by atoms with van der Waals surface area (Å²) in [5.41, 5.74) is 13.3. The molecule has 5 rings (SSSR count). The number of rotatable bonds is 10. The van der Waals surface area contributed by atoms with Crippen LogP contribution < -0.4 is 21.7 Å². The highest BCUT2D eigenvalue weighted by Crippen LogP contribution is 2.47. The molecule has 224 valence electrons. The first-order valence-electron chi connectivity index (χ1n) is 15.3. The Morgan fingerprint density at radius 1 is 1.05 bits per heavy atom. The Morgan fingerprint density at radius 3 is 2.26 bits per heavy atom. The lowest BCUT2D eigenvalue weighted by Gasteiger charge is -2.37. The lowest BCUT2D eigenvalue weighted by molar-refractivity contribution is -0.131. The van der Waals surface area contributed by atoms with Gasteiger partial charge in [-0.25, -0.2) is 0 Å². The summed E-state index contributed by atoms with van der Waals surface area (Å²) in [5, 5.41) is 9.39. The van der Waals surface area contributed by atoms with Gasteiger partial charge in [-0.3, -0.25) is 14.6 Å². The van der Waals surface area contributed by atoms with Gasteiger partial charge in [-0.2, -0.15) is 0 Å². The van der Waals surface area contributed by atoms with E-state index >= 15 is 0 Å². The SMILES string of the molecule is C=C(NC)c1ccc2c(c1)CCc1cc(C(=O)NC)ccc1C2(CCNCC(=O)N1C(C)CC2CC21)C(N)=NC(C)C. The molecule has 4 atom stereocenters. The number of piperidine rings is 1. The summed E-state index contributed by atoms with van der Waals surface area (Å²) >= 11 is 0. The molecule has 1 saturated heterocycles. The molecule has 42 heavy (non-hydrogen) atoms. The molecule has 2 aromatic carbocycles. The van der Waals surface area contributed by atoms with Crippen molar-refractivity contribution in [3.8, 4) is 0 Å². The van der Waals surface area contributed by atoms with Crippen LogP contribution in [0.15, 0.2) is 48.0 Å². The molecule has 4 unspecified atom stereocenters. The third-order valence-electron chi connectivity index (χ3n) is 9.37. The van der Waals surface area contributed by atoms with E-state index < -0.39 is 5.41 Å². The topological polar surface area (TPSA) is 112 Å². The molecule has 0 spiro atoms. The van der Waals surface area contributed by atoms with Crippen molar-refractivity contribution in [1.29, 1.82) is 0 Å². The normalized spacial score (nSPS) is 24.4. The number of aryl methyl sites for hydroxylation is 2. The molecular formula is C34H46N6O2. The maximum absolute atomic E-state index is 13.2. The Bertz CT molecular complexity index is 1340. The van der Waals surface area contributed by atoms with Crippen LogP contribution in [0.2, 0.25) is 0 Å². The van der Waals surface area contributed by atoms with Gasteiger partial charge in [-0.15, -0.1) is 0 Å². The first-order valence-corrected chi connectivity index (χ1v) is 15.3. The van der Waals surface area contributed by atoms with Crippen molar-refractivity contribution in [3.05, 3.63) is 76.4 Å². The number of carbonyl (C=O) groups is 2. The summed E-state index contributed by atoms with van der Waals surface area (Å²) in [6.07, 6.45) is 4.45. The molecule has 8 nitrogen and oxygen atoms in total. The molecule has 0 bridgehead atoms. The highest BCUT2D eigenvalue weighted by molar-refractivity contribution is 5.98. The van der Waals surface area contributed by atoms with Crippen LogP contribution in [0.4, 0.5) is 0 Å². The van der Waals surface area contributed by atoms with Gasteiger partial charge in [0.05, 0.1) is 12.0 Å². The number of likely N-dealkylation sites (tertiary alicyclic amines) is 1. The van der Waals surface area contributed by atoms with Gasteiger partial charge in [-0.05, 0) is 111 Å². The summed E-state index contributed by atoms with van der Waals surface area (Å²) in [6, 6.07) is 13.2. The van der Waals surface area contributed by atoms with E-state index in [2.05, 4.69) is 58.6 Å². The minimum absolute atomic E-state index is 0.00296. The van der Waals surface area contributed by atoms with Gasteiger partial charge in [0.2, 0.25) is 5.91 Å². The zero-order chi connectivity index (χ0) is 30.2. The molecule has 1 saturated carbocycles. The third-order valence-corrected chi connectivity index (χ3v) is 9.37. The van der Waals surface area contributed by atoms with Crippen molar-refractivity contribution in [2.24, 2.45) is 16.6 Å². The Labute approximate surface area is 250 Å². The molecule has 2 aromatic rings. The quantitative estimate of drug-likeness (QED) is 0.199. The number of fused-ring (bicyclic) bond motifs is 3. The van der Waals surface area contributed by atoms with Crippen LogP contribution >= 0.6 is 0 Å². The van der Waals surface area contributed by atoms with Crippen molar-refractivity contribution in [2.45, 2.75) is 76.4 Å². The van der Waals surface area contributed by atoms with Crippen LogP contribution in [-0.2, 0) is 23.1 Å². The van der Waals surface area contributed by atoms with E-state index in [0.29, 0.717) is 48.9 Å². The van der Waals surface area contributed by atoms with E-state index in [1.165, 1.54) is 5.56 Å². The Hall–Kier alpha value is -3.65. The van der Waals surface area contributed by atoms with E-state index in [9.17, 15) is 9.59 Å². The largest absolute Gasteiger partial charge is 0.388 e. The van der Waals surface area contributed by atoms with Crippen molar-refractivity contribution in [3.63, 3.8) is 0 Å². The predicted octanol–water partition coefficient (Wildman–Crippen LogP) is 3.38. The van der Waals surface area contributed by atoms with Crippen LogP contribution in [0.1, 0.15) is 78.2 Å². The summed E-state index contributed by atoms with van der Waals surface area (Å²) in [6.45, 7) is 11.3. The van der Waals surface area contributed by atoms with Crippen molar-refractivity contribution < 1.29 is 9.59 Å². The van der Waals surface area contributed by atoms with Crippen LogP contribution in [0, 0.1) is 5.92 Å². The van der Waals surface area contributed by atoms with E-state index in [1.807, 2.05) is 33.0 Å². The lowest BCUT2D eigenvalue weighted by Crippen LogP contribution is -2.47. The number of hydrogen-bond acceptors (Lipinski definition) is 5. The Balaban J connectivity index is 1.55. The molecule has 1 aliphatic heterocycles. The number of amidine groups is 1. The van der Waals surface area contributed by atoms with Gasteiger partial charge < -0.3 is 26.6 Å². The van der Waals surface area contributed by atoms with E-state index in [1.54, 1.807) is 7.05 Å². The van der Waals surface area contributed by atoms with E-state index in [-0.39, 0.29) is 17.9 Å². The Morgan fingerprint density at radius 2 is 1.69 bits per heavy atom. The third kappa shape index (κ3) is 5.44. The molecule has 2 aliphatic carbocycles. The highest BCUT2D eigenvalue weighted by atomic mass is 16.2. The second-order valence-corrected chi connectivity index (χ2v) is 12.4. The lowest BCUT2D eigenvalue weighted by atomic mass is 9.68. The van der Waals surface area contributed by atoms with Crippen molar-refractivity contribution >= 4 is 23.3 Å². The fourth-order valence-electron chi connectivity index (χ4n) is 7.23. The number of nitrogens with zero attached hydrogens (tertiary/aromatic N) is 2. The number of nitrogens with one attached hydrogen (secondary N) is 3. The fourth-order valence-corrected chi connectivity index (χ4v) is 7.23. The van der Waals surface area contributed by atoms with Crippen LogP contribution in [-0.4, -0.2) is 67.9 Å². The van der Waals surface area contributed by atoms with Crippen molar-refractivity contribution in [1.82, 2.24) is 20.9 Å². The van der Waals surface area contributed by atoms with E-state index in [0.717, 1.165) is 53.6 Å². The maximum Gasteiger partial charge on any atom is 0.251 e. The predicted molar refractivity (Wildman–Crippen MR) is 170 cm³/mol. The highest BCUT2D eigenvalue weighted by Gasteiger charge is 2.52. The second kappa shape index (κ2) is 11.9. The summed E-state index contributed by atoms with van der Waals surface area (Å²) < 4.78 is 0. The van der Waals surface area contributed by atoms with Crippen LogP contribution in [0.3, 0.4) is 0 Å². The average molecular weight is 571 g/mol. The molecule has 2 fully saturated rings. The summed E-state index contributed by atoms with van der Waals surface area (Å²) in [7, 11) is 3.53. The molecule has 0 radical (unpaired) electrons. The second-order valence-electron chi connectivity index (χ2n) is 12.4. The molecule has 8 heteroatoms. The zero-order valence-corrected chi connectivity index (χ0v) is 25.7. The minimum Gasteiger partial charge on any atom is -0.388 e. The average Bonchev–Trinajstić information content (AvgIpc) is 3.67.